The van der Waals surface area contributed by atoms with Crippen molar-refractivity contribution in [1.82, 2.24) is 5.43 Å². The highest BCUT2D eigenvalue weighted by Crippen LogP contribution is 2.27. The minimum absolute atomic E-state index is 0.110. The number of nitrogens with one attached hydrogen (secondary N) is 1. The van der Waals surface area contributed by atoms with E-state index in [1.54, 1.807) is 0 Å². The van der Waals surface area contributed by atoms with Gasteiger partial charge >= 0.3 is 0 Å². The molecule has 2 aromatic rings. The maximum absolute atomic E-state index is 10.1. The Balaban J connectivity index is 1.83. The molecule has 0 aliphatic carbocycles. The number of nitrogens with zero attached hydrogens (tertiary/aromatic N) is 1. The van der Waals surface area contributed by atoms with Crippen molar-refractivity contribution >= 4 is 17.3 Å². The molecule has 2 aromatic carbocycles. The van der Waals surface area contributed by atoms with Crippen molar-refractivity contribution in [2.45, 2.75) is 18.6 Å². The highest BCUT2D eigenvalue weighted by Gasteiger charge is 2.26. The highest BCUT2D eigenvalue weighted by atomic mass is 35.5. The molecular formula is C16H17ClN2O. The number of anilines is 1. The fourth-order valence-electron chi connectivity index (χ4n) is 2.57. The Morgan fingerprint density at radius 2 is 1.90 bits per heavy atom. The van der Waals surface area contributed by atoms with E-state index < -0.39 is 0 Å². The molecule has 0 radical (unpaired) electrons. The summed E-state index contributed by atoms with van der Waals surface area (Å²) in [6.07, 6.45) is 0.349. The van der Waals surface area contributed by atoms with E-state index in [0.29, 0.717) is 18.0 Å². The third-order valence-electron chi connectivity index (χ3n) is 3.53. The van der Waals surface area contributed by atoms with E-state index >= 15 is 0 Å². The van der Waals surface area contributed by atoms with E-state index in [4.69, 9.17) is 11.6 Å². The Morgan fingerprint density at radius 1 is 1.10 bits per heavy atom. The van der Waals surface area contributed by atoms with Gasteiger partial charge in [-0.3, -0.25) is 0 Å². The molecule has 1 fully saturated rings. The van der Waals surface area contributed by atoms with E-state index in [-0.39, 0.29) is 12.1 Å². The normalized spacial score (nSPS) is 22.8. The number of rotatable bonds is 2. The van der Waals surface area contributed by atoms with Gasteiger partial charge in [0.1, 0.15) is 0 Å². The monoisotopic (exact) mass is 288 g/mol. The van der Waals surface area contributed by atoms with Gasteiger partial charge < -0.3 is 10.1 Å². The van der Waals surface area contributed by atoms with Crippen LogP contribution in [0.5, 0.6) is 0 Å². The van der Waals surface area contributed by atoms with Crippen LogP contribution in [0.4, 0.5) is 5.69 Å². The molecule has 3 nitrogen and oxygen atoms in total. The maximum Gasteiger partial charge on any atom is 0.0749 e. The number of hydrogen-bond acceptors (Lipinski definition) is 3. The topological polar surface area (TPSA) is 35.5 Å². The number of aliphatic hydroxyl groups is 1. The van der Waals surface area contributed by atoms with Crippen LogP contribution in [0, 0.1) is 0 Å². The van der Waals surface area contributed by atoms with E-state index in [1.807, 2.05) is 47.5 Å². The first-order valence-electron chi connectivity index (χ1n) is 6.74. The van der Waals surface area contributed by atoms with Gasteiger partial charge in [0, 0.05) is 5.02 Å². The zero-order valence-electron chi connectivity index (χ0n) is 11.0. The Bertz CT molecular complexity index is 576. The number of hydrazine groups is 1. The lowest BCUT2D eigenvalue weighted by Crippen LogP contribution is -2.51. The van der Waals surface area contributed by atoms with Crippen LogP contribution in [0.1, 0.15) is 18.0 Å². The third-order valence-corrected chi connectivity index (χ3v) is 3.77. The van der Waals surface area contributed by atoms with Crippen molar-refractivity contribution in [2.24, 2.45) is 0 Å². The standard InChI is InChI=1S/C16H17ClN2O/c17-13-7-4-8-14(9-13)19-11-15(20)10-16(18-19)12-5-2-1-3-6-12/h1-9,15-16,18,20H,10-11H2. The lowest BCUT2D eigenvalue weighted by Gasteiger charge is -2.38. The zero-order chi connectivity index (χ0) is 13.9. The molecule has 1 saturated heterocycles. The predicted molar refractivity (Wildman–Crippen MR) is 81.7 cm³/mol. The van der Waals surface area contributed by atoms with Crippen LogP contribution in [0.15, 0.2) is 54.6 Å². The number of hydrogen-bond donors (Lipinski definition) is 2. The summed E-state index contributed by atoms with van der Waals surface area (Å²) in [6, 6.07) is 17.9. The minimum Gasteiger partial charge on any atom is -0.391 e. The van der Waals surface area contributed by atoms with E-state index in [2.05, 4.69) is 17.6 Å². The molecule has 2 atom stereocenters. The molecule has 2 unspecified atom stereocenters. The summed E-state index contributed by atoms with van der Waals surface area (Å²) in [7, 11) is 0. The Kier molecular flexibility index (Phi) is 3.92. The molecule has 104 valence electrons. The second kappa shape index (κ2) is 5.83. The second-order valence-electron chi connectivity index (χ2n) is 5.07. The highest BCUT2D eigenvalue weighted by molar-refractivity contribution is 6.30. The molecule has 0 amide bonds. The van der Waals surface area contributed by atoms with Crippen molar-refractivity contribution in [3.63, 3.8) is 0 Å². The van der Waals surface area contributed by atoms with Crippen LogP contribution < -0.4 is 10.4 Å². The lowest BCUT2D eigenvalue weighted by molar-refractivity contribution is 0.126. The first-order chi connectivity index (χ1) is 9.72. The molecule has 0 spiro atoms. The Labute approximate surface area is 123 Å². The predicted octanol–water partition coefficient (Wildman–Crippen LogP) is 3.16. The molecule has 1 aliphatic rings. The third kappa shape index (κ3) is 2.96. The van der Waals surface area contributed by atoms with Crippen molar-refractivity contribution < 1.29 is 5.11 Å². The van der Waals surface area contributed by atoms with Gasteiger partial charge in [-0.1, -0.05) is 48.0 Å². The number of aliphatic hydroxyl groups excluding tert-OH is 1. The summed E-state index contributed by atoms with van der Waals surface area (Å²) in [5.74, 6) is 0. The van der Waals surface area contributed by atoms with Gasteiger partial charge in [0.25, 0.3) is 0 Å². The van der Waals surface area contributed by atoms with Crippen molar-refractivity contribution in [2.75, 3.05) is 11.6 Å². The molecular weight excluding hydrogens is 272 g/mol. The first kappa shape index (κ1) is 13.4. The van der Waals surface area contributed by atoms with Crippen LogP contribution in [0.3, 0.4) is 0 Å². The summed E-state index contributed by atoms with van der Waals surface area (Å²) in [5.41, 5.74) is 5.61. The van der Waals surface area contributed by atoms with Gasteiger partial charge in [-0.15, -0.1) is 0 Å². The van der Waals surface area contributed by atoms with Crippen molar-refractivity contribution in [3.05, 3.63) is 65.2 Å². The van der Waals surface area contributed by atoms with Gasteiger partial charge in [-0.25, -0.2) is 5.43 Å². The molecule has 4 heteroatoms. The molecule has 0 bridgehead atoms. The smallest absolute Gasteiger partial charge is 0.0749 e. The van der Waals surface area contributed by atoms with Crippen LogP contribution >= 0.6 is 11.6 Å². The molecule has 1 aliphatic heterocycles. The zero-order valence-corrected chi connectivity index (χ0v) is 11.8. The summed E-state index contributed by atoms with van der Waals surface area (Å²) < 4.78 is 0. The van der Waals surface area contributed by atoms with Crippen molar-refractivity contribution in [3.8, 4) is 0 Å². The van der Waals surface area contributed by atoms with Crippen molar-refractivity contribution in [1.29, 1.82) is 0 Å². The molecule has 2 N–H and O–H groups in total. The summed E-state index contributed by atoms with van der Waals surface area (Å²) in [6.45, 7) is 0.559. The van der Waals surface area contributed by atoms with Crippen LogP contribution in [-0.2, 0) is 0 Å². The quantitative estimate of drug-likeness (QED) is 0.891. The van der Waals surface area contributed by atoms with Crippen LogP contribution in [0.25, 0.3) is 0 Å². The summed E-state index contributed by atoms with van der Waals surface area (Å²) >= 11 is 6.04. The number of β-amino-alcohol motifs (C(OH)–C–C–N with tert-alkyl or cyclic N) is 1. The average Bonchev–Trinajstić information content (AvgIpc) is 2.47. The van der Waals surface area contributed by atoms with E-state index in [9.17, 15) is 5.11 Å². The fourth-order valence-corrected chi connectivity index (χ4v) is 2.76. The molecule has 20 heavy (non-hydrogen) atoms. The molecule has 0 aromatic heterocycles. The van der Waals surface area contributed by atoms with Gasteiger partial charge in [-0.2, -0.15) is 0 Å². The van der Waals surface area contributed by atoms with E-state index in [1.165, 1.54) is 5.56 Å². The first-order valence-corrected chi connectivity index (χ1v) is 7.12. The van der Waals surface area contributed by atoms with Gasteiger partial charge in [0.05, 0.1) is 24.4 Å². The average molecular weight is 289 g/mol. The Hall–Kier alpha value is -1.55. The lowest BCUT2D eigenvalue weighted by atomic mass is 9.99. The van der Waals surface area contributed by atoms with Crippen LogP contribution in [-0.4, -0.2) is 17.8 Å². The molecule has 3 rings (SSSR count). The summed E-state index contributed by atoms with van der Waals surface area (Å²) in [5, 5.41) is 12.8. The number of benzene rings is 2. The minimum atomic E-state index is -0.361. The fraction of sp³-hybridized carbons (Fsp3) is 0.250. The molecule has 1 heterocycles. The van der Waals surface area contributed by atoms with Gasteiger partial charge in [0.15, 0.2) is 0 Å². The van der Waals surface area contributed by atoms with E-state index in [0.717, 1.165) is 5.69 Å². The maximum atomic E-state index is 10.1. The SMILES string of the molecule is OC1CC(c2ccccc2)NN(c2cccc(Cl)c2)C1. The molecule has 0 saturated carbocycles. The van der Waals surface area contributed by atoms with Gasteiger partial charge in [0.2, 0.25) is 0 Å². The summed E-state index contributed by atoms with van der Waals surface area (Å²) in [4.78, 5) is 0. The second-order valence-corrected chi connectivity index (χ2v) is 5.51. The Morgan fingerprint density at radius 3 is 2.65 bits per heavy atom. The largest absolute Gasteiger partial charge is 0.391 e. The number of halogens is 1. The van der Waals surface area contributed by atoms with Gasteiger partial charge in [-0.05, 0) is 30.2 Å². The van der Waals surface area contributed by atoms with Crippen LogP contribution in [0.2, 0.25) is 5.02 Å².